The normalized spacial score (nSPS) is 35.2. The summed E-state index contributed by atoms with van der Waals surface area (Å²) in [4.78, 5) is 15.5. The number of ether oxygens (including phenoxy) is 1. The van der Waals surface area contributed by atoms with Gasteiger partial charge in [0.25, 0.3) is 0 Å². The molecule has 2 saturated heterocycles. The fourth-order valence-corrected chi connectivity index (χ4v) is 4.90. The lowest BCUT2D eigenvalue weighted by atomic mass is 9.85. The van der Waals surface area contributed by atoms with Gasteiger partial charge in [-0.3, -0.25) is 4.79 Å². The van der Waals surface area contributed by atoms with E-state index in [4.69, 9.17) is 4.74 Å². The molecule has 2 aliphatic heterocycles. The van der Waals surface area contributed by atoms with Crippen LogP contribution in [0.15, 0.2) is 0 Å². The van der Waals surface area contributed by atoms with E-state index in [-0.39, 0.29) is 5.92 Å². The minimum atomic E-state index is 0.175. The van der Waals surface area contributed by atoms with Gasteiger partial charge >= 0.3 is 0 Å². The highest BCUT2D eigenvalue weighted by Gasteiger charge is 2.48. The van der Waals surface area contributed by atoms with Crippen LogP contribution in [0.1, 0.15) is 59.3 Å². The number of nitrogens with zero attached hydrogens (tertiary/aromatic N) is 1. The molecule has 0 bridgehead atoms. The highest BCUT2D eigenvalue weighted by Crippen LogP contribution is 2.44. The summed E-state index contributed by atoms with van der Waals surface area (Å²) in [6, 6.07) is 1.03. The molecular weight excluding hydrogens is 262 g/mol. The van der Waals surface area contributed by atoms with Crippen molar-refractivity contribution in [2.75, 3.05) is 13.2 Å². The van der Waals surface area contributed by atoms with Gasteiger partial charge in [0.05, 0.1) is 0 Å². The first-order valence-electron chi connectivity index (χ1n) is 8.99. The maximum Gasteiger partial charge on any atom is 0.226 e. The fraction of sp³-hybridized carbons (Fsp3) is 0.944. The highest BCUT2D eigenvalue weighted by atomic mass is 16.5. The molecule has 0 aromatic rings. The van der Waals surface area contributed by atoms with Crippen LogP contribution in [0.3, 0.4) is 0 Å². The van der Waals surface area contributed by atoms with Gasteiger partial charge in [-0.25, -0.2) is 0 Å². The number of hydrogen-bond acceptors (Lipinski definition) is 2. The van der Waals surface area contributed by atoms with Crippen LogP contribution in [0.25, 0.3) is 0 Å². The van der Waals surface area contributed by atoms with Crippen LogP contribution in [0.5, 0.6) is 0 Å². The number of amides is 1. The molecule has 120 valence electrons. The largest absolute Gasteiger partial charge is 0.381 e. The Morgan fingerprint density at radius 2 is 1.81 bits per heavy atom. The van der Waals surface area contributed by atoms with Gasteiger partial charge in [-0.05, 0) is 49.9 Å². The molecule has 3 rings (SSSR count). The van der Waals surface area contributed by atoms with Crippen molar-refractivity contribution in [1.29, 1.82) is 0 Å². The van der Waals surface area contributed by atoms with Crippen molar-refractivity contribution in [3.05, 3.63) is 0 Å². The third kappa shape index (κ3) is 2.86. The van der Waals surface area contributed by atoms with Crippen LogP contribution in [0.2, 0.25) is 0 Å². The van der Waals surface area contributed by atoms with Crippen LogP contribution < -0.4 is 0 Å². The Morgan fingerprint density at radius 3 is 2.48 bits per heavy atom. The van der Waals surface area contributed by atoms with Gasteiger partial charge in [-0.2, -0.15) is 0 Å². The van der Waals surface area contributed by atoms with Crippen molar-refractivity contribution >= 4 is 5.91 Å². The van der Waals surface area contributed by atoms with Gasteiger partial charge in [0.1, 0.15) is 0 Å². The Labute approximate surface area is 129 Å². The summed E-state index contributed by atoms with van der Waals surface area (Å²) in [6.07, 6.45) is 7.25. The predicted molar refractivity (Wildman–Crippen MR) is 83.9 cm³/mol. The molecule has 0 aromatic carbocycles. The number of fused-ring (bicyclic) bond motifs is 1. The standard InChI is InChI=1S/C18H31NO2/c1-12(2)17-11-15-5-4-6-16(15)19(17)18(20)13(3)14-7-9-21-10-8-14/h12-17H,4-11H2,1-3H3/t13?,15?,16?,17-/m0/s1. The summed E-state index contributed by atoms with van der Waals surface area (Å²) in [7, 11) is 0. The van der Waals surface area contributed by atoms with E-state index in [9.17, 15) is 4.79 Å². The van der Waals surface area contributed by atoms with Gasteiger partial charge in [-0.15, -0.1) is 0 Å². The number of hydrogen-bond donors (Lipinski definition) is 0. The van der Waals surface area contributed by atoms with Gasteiger partial charge in [0.2, 0.25) is 5.91 Å². The Morgan fingerprint density at radius 1 is 1.10 bits per heavy atom. The second-order valence-electron chi connectivity index (χ2n) is 7.79. The predicted octanol–water partition coefficient (Wildman–Crippen LogP) is 3.47. The van der Waals surface area contributed by atoms with Gasteiger partial charge in [0.15, 0.2) is 0 Å². The third-order valence-electron chi connectivity index (χ3n) is 6.26. The number of rotatable bonds is 3. The molecule has 2 heterocycles. The molecule has 0 radical (unpaired) electrons. The first kappa shape index (κ1) is 15.3. The molecule has 3 aliphatic rings. The van der Waals surface area contributed by atoms with E-state index in [1.54, 1.807) is 0 Å². The zero-order valence-corrected chi connectivity index (χ0v) is 13.9. The molecule has 21 heavy (non-hydrogen) atoms. The first-order valence-corrected chi connectivity index (χ1v) is 8.99. The molecule has 0 aromatic heterocycles. The molecule has 1 aliphatic carbocycles. The Bertz CT molecular complexity index is 375. The molecule has 0 N–H and O–H groups in total. The molecule has 3 heteroatoms. The minimum Gasteiger partial charge on any atom is -0.381 e. The van der Waals surface area contributed by atoms with E-state index in [0.29, 0.717) is 29.8 Å². The molecule has 4 atom stereocenters. The molecule has 3 fully saturated rings. The Hall–Kier alpha value is -0.570. The van der Waals surface area contributed by atoms with Gasteiger partial charge in [0, 0.05) is 31.2 Å². The van der Waals surface area contributed by atoms with Crippen molar-refractivity contribution in [1.82, 2.24) is 4.90 Å². The second kappa shape index (κ2) is 6.28. The lowest BCUT2D eigenvalue weighted by molar-refractivity contribution is -0.142. The van der Waals surface area contributed by atoms with Gasteiger partial charge < -0.3 is 9.64 Å². The van der Waals surface area contributed by atoms with Crippen molar-refractivity contribution in [2.45, 2.75) is 71.4 Å². The second-order valence-corrected chi connectivity index (χ2v) is 7.79. The van der Waals surface area contributed by atoms with Crippen LogP contribution >= 0.6 is 0 Å². The van der Waals surface area contributed by atoms with Crippen molar-refractivity contribution in [3.8, 4) is 0 Å². The highest BCUT2D eigenvalue weighted by molar-refractivity contribution is 5.80. The van der Waals surface area contributed by atoms with E-state index in [0.717, 1.165) is 32.0 Å². The molecule has 3 unspecified atom stereocenters. The molecule has 3 nitrogen and oxygen atoms in total. The summed E-state index contributed by atoms with van der Waals surface area (Å²) in [5.74, 6) is 2.51. The smallest absolute Gasteiger partial charge is 0.226 e. The number of carbonyl (C=O) groups is 1. The van der Waals surface area contributed by atoms with Gasteiger partial charge in [-0.1, -0.05) is 27.2 Å². The monoisotopic (exact) mass is 293 g/mol. The van der Waals surface area contributed by atoms with Crippen molar-refractivity contribution in [3.63, 3.8) is 0 Å². The van der Waals surface area contributed by atoms with Crippen molar-refractivity contribution in [2.24, 2.45) is 23.7 Å². The molecule has 0 spiro atoms. The maximum absolute atomic E-state index is 13.2. The van der Waals surface area contributed by atoms with E-state index >= 15 is 0 Å². The minimum absolute atomic E-state index is 0.175. The number of carbonyl (C=O) groups excluding carboxylic acids is 1. The molecular formula is C18H31NO2. The topological polar surface area (TPSA) is 29.5 Å². The van der Waals surface area contributed by atoms with Crippen LogP contribution in [-0.2, 0) is 9.53 Å². The summed E-state index contributed by atoms with van der Waals surface area (Å²) in [5.41, 5.74) is 0. The third-order valence-corrected chi connectivity index (χ3v) is 6.26. The lowest BCUT2D eigenvalue weighted by Crippen LogP contribution is -2.47. The number of likely N-dealkylation sites (tertiary alicyclic amines) is 1. The fourth-order valence-electron chi connectivity index (χ4n) is 4.90. The van der Waals surface area contributed by atoms with E-state index in [1.165, 1.54) is 25.7 Å². The summed E-state index contributed by atoms with van der Waals surface area (Å²) in [6.45, 7) is 8.40. The average Bonchev–Trinajstić information content (AvgIpc) is 3.07. The van der Waals surface area contributed by atoms with Crippen LogP contribution in [0, 0.1) is 23.7 Å². The van der Waals surface area contributed by atoms with Crippen LogP contribution in [-0.4, -0.2) is 36.1 Å². The average molecular weight is 293 g/mol. The molecule has 1 amide bonds. The lowest BCUT2D eigenvalue weighted by Gasteiger charge is -2.37. The maximum atomic E-state index is 13.2. The summed E-state index contributed by atoms with van der Waals surface area (Å²) in [5, 5.41) is 0. The van der Waals surface area contributed by atoms with E-state index in [1.807, 2.05) is 0 Å². The van der Waals surface area contributed by atoms with E-state index in [2.05, 4.69) is 25.7 Å². The zero-order valence-electron chi connectivity index (χ0n) is 13.9. The first-order chi connectivity index (χ1) is 10.1. The summed E-state index contributed by atoms with van der Waals surface area (Å²) >= 11 is 0. The molecule has 1 saturated carbocycles. The zero-order chi connectivity index (χ0) is 15.0. The Kier molecular flexibility index (Phi) is 4.58. The summed E-state index contributed by atoms with van der Waals surface area (Å²) < 4.78 is 5.46. The van der Waals surface area contributed by atoms with Crippen molar-refractivity contribution < 1.29 is 9.53 Å². The quantitative estimate of drug-likeness (QED) is 0.797. The van der Waals surface area contributed by atoms with E-state index < -0.39 is 0 Å². The Balaban J connectivity index is 1.73. The SMILES string of the molecule is CC(C(=O)N1C2CCCC2C[C@H]1C(C)C)C1CCOCC1. The van der Waals surface area contributed by atoms with Crippen LogP contribution in [0.4, 0.5) is 0 Å².